The smallest absolute Gasteiger partial charge is 0.270 e. The first-order valence-corrected chi connectivity index (χ1v) is 9.25. The van der Waals surface area contributed by atoms with Crippen molar-refractivity contribution in [1.29, 1.82) is 0 Å². The maximum Gasteiger partial charge on any atom is 0.270 e. The van der Waals surface area contributed by atoms with Gasteiger partial charge in [0.2, 0.25) is 0 Å². The number of aryl methyl sites for hydroxylation is 2. The summed E-state index contributed by atoms with van der Waals surface area (Å²) in [5.41, 5.74) is 4.65. The summed E-state index contributed by atoms with van der Waals surface area (Å²) in [6, 6.07) is 17.3. The number of furan rings is 1. The molecule has 0 saturated carbocycles. The molecule has 1 N–H and O–H groups in total. The Morgan fingerprint density at radius 3 is 2.59 bits per heavy atom. The number of hydrogen-bond acceptors (Lipinski definition) is 3. The molecular formula is C23H20FN3O2. The van der Waals surface area contributed by atoms with E-state index in [4.69, 9.17) is 4.42 Å². The molecule has 0 fully saturated rings. The second-order valence-electron chi connectivity index (χ2n) is 6.89. The van der Waals surface area contributed by atoms with Crippen molar-refractivity contribution in [3.8, 4) is 16.9 Å². The lowest BCUT2D eigenvalue weighted by molar-refractivity contribution is 0.0940. The molecule has 146 valence electrons. The molecule has 0 unspecified atom stereocenters. The first-order chi connectivity index (χ1) is 14.0. The van der Waals surface area contributed by atoms with Crippen molar-refractivity contribution >= 4 is 5.91 Å². The Hall–Kier alpha value is -3.67. The number of rotatable bonds is 5. The van der Waals surface area contributed by atoms with Crippen LogP contribution < -0.4 is 5.32 Å². The summed E-state index contributed by atoms with van der Waals surface area (Å²) >= 11 is 0. The number of hydrogen-bond donors (Lipinski definition) is 1. The van der Waals surface area contributed by atoms with Gasteiger partial charge in [-0.3, -0.25) is 4.79 Å². The van der Waals surface area contributed by atoms with Crippen LogP contribution in [0.15, 0.2) is 71.3 Å². The highest BCUT2D eigenvalue weighted by Crippen LogP contribution is 2.24. The van der Waals surface area contributed by atoms with Crippen LogP contribution in [0.4, 0.5) is 4.39 Å². The van der Waals surface area contributed by atoms with Crippen molar-refractivity contribution in [2.24, 2.45) is 0 Å². The van der Waals surface area contributed by atoms with Crippen LogP contribution in [-0.2, 0) is 6.54 Å². The molecule has 2 heterocycles. The zero-order chi connectivity index (χ0) is 20.4. The van der Waals surface area contributed by atoms with Gasteiger partial charge in [0, 0.05) is 5.56 Å². The molecule has 0 radical (unpaired) electrons. The molecule has 2 aromatic heterocycles. The Bertz CT molecular complexity index is 1150. The maximum atomic E-state index is 13.3. The Morgan fingerprint density at radius 1 is 1.10 bits per heavy atom. The molecule has 0 aliphatic rings. The molecule has 0 aliphatic carbocycles. The van der Waals surface area contributed by atoms with E-state index in [1.165, 1.54) is 12.1 Å². The van der Waals surface area contributed by atoms with Crippen molar-refractivity contribution in [2.45, 2.75) is 20.4 Å². The third-order valence-corrected chi connectivity index (χ3v) is 4.67. The number of nitrogens with one attached hydrogen (secondary N) is 1. The maximum absolute atomic E-state index is 13.3. The van der Waals surface area contributed by atoms with Crippen molar-refractivity contribution in [3.05, 3.63) is 95.3 Å². The number of benzene rings is 2. The fourth-order valence-corrected chi connectivity index (χ4v) is 3.20. The molecule has 4 aromatic rings. The SMILES string of the molecule is Cc1ccc(-n2nc(-c3ccc(F)cc3)cc2C(=O)NCc2ccco2)c(C)c1. The van der Waals surface area contributed by atoms with Gasteiger partial charge < -0.3 is 9.73 Å². The number of aromatic nitrogens is 2. The minimum absolute atomic E-state index is 0.274. The number of nitrogens with zero attached hydrogens (tertiary/aromatic N) is 2. The third-order valence-electron chi connectivity index (χ3n) is 4.67. The molecule has 5 nitrogen and oxygen atoms in total. The summed E-state index contributed by atoms with van der Waals surface area (Å²) in [5.74, 6) is 0.0657. The third kappa shape index (κ3) is 3.96. The lowest BCUT2D eigenvalue weighted by Crippen LogP contribution is -2.25. The van der Waals surface area contributed by atoms with Crippen LogP contribution in [0.3, 0.4) is 0 Å². The first kappa shape index (κ1) is 18.7. The lowest BCUT2D eigenvalue weighted by atomic mass is 10.1. The second-order valence-corrected chi connectivity index (χ2v) is 6.89. The van der Waals surface area contributed by atoms with Gasteiger partial charge in [-0.15, -0.1) is 0 Å². The highest BCUT2D eigenvalue weighted by Gasteiger charge is 2.19. The van der Waals surface area contributed by atoms with Crippen LogP contribution in [0.2, 0.25) is 0 Å². The number of carbonyl (C=O) groups is 1. The highest BCUT2D eigenvalue weighted by molar-refractivity contribution is 5.94. The van der Waals surface area contributed by atoms with Gasteiger partial charge >= 0.3 is 0 Å². The normalized spacial score (nSPS) is 10.9. The van der Waals surface area contributed by atoms with Gasteiger partial charge in [-0.1, -0.05) is 17.7 Å². The number of carbonyl (C=O) groups excluding carboxylic acids is 1. The molecule has 0 saturated heterocycles. The predicted molar refractivity (Wildman–Crippen MR) is 108 cm³/mol. The van der Waals surface area contributed by atoms with E-state index < -0.39 is 0 Å². The van der Waals surface area contributed by atoms with Crippen LogP contribution in [0, 0.1) is 19.7 Å². The monoisotopic (exact) mass is 389 g/mol. The molecule has 29 heavy (non-hydrogen) atoms. The summed E-state index contributed by atoms with van der Waals surface area (Å²) < 4.78 is 20.2. The zero-order valence-electron chi connectivity index (χ0n) is 16.1. The van der Waals surface area contributed by atoms with Crippen LogP contribution in [0.5, 0.6) is 0 Å². The van der Waals surface area contributed by atoms with Crippen molar-refractivity contribution in [1.82, 2.24) is 15.1 Å². The summed E-state index contributed by atoms with van der Waals surface area (Å²) in [6.07, 6.45) is 1.56. The van der Waals surface area contributed by atoms with Gasteiger partial charge in [-0.05, 0) is 67.9 Å². The molecule has 0 bridgehead atoms. The topological polar surface area (TPSA) is 60.1 Å². The molecule has 1 amide bonds. The largest absolute Gasteiger partial charge is 0.467 e. The van der Waals surface area contributed by atoms with Crippen LogP contribution in [-0.4, -0.2) is 15.7 Å². The van der Waals surface area contributed by atoms with E-state index in [0.717, 1.165) is 22.4 Å². The van der Waals surface area contributed by atoms with Gasteiger partial charge in [-0.2, -0.15) is 5.10 Å². The lowest BCUT2D eigenvalue weighted by Gasteiger charge is -2.11. The Labute approximate surface area is 167 Å². The Kier molecular flexibility index (Phi) is 4.99. The number of halogens is 1. The van der Waals surface area contributed by atoms with Crippen molar-refractivity contribution in [2.75, 3.05) is 0 Å². The average molecular weight is 389 g/mol. The van der Waals surface area contributed by atoms with Crippen molar-refractivity contribution in [3.63, 3.8) is 0 Å². The second kappa shape index (κ2) is 7.75. The minimum Gasteiger partial charge on any atom is -0.467 e. The summed E-state index contributed by atoms with van der Waals surface area (Å²) in [6.45, 7) is 4.27. The van der Waals surface area contributed by atoms with E-state index in [2.05, 4.69) is 10.4 Å². The van der Waals surface area contributed by atoms with E-state index in [9.17, 15) is 9.18 Å². The zero-order valence-corrected chi connectivity index (χ0v) is 16.1. The van der Waals surface area contributed by atoms with Gasteiger partial charge in [0.15, 0.2) is 0 Å². The van der Waals surface area contributed by atoms with E-state index >= 15 is 0 Å². The fraction of sp³-hybridized carbons (Fsp3) is 0.130. The Balaban J connectivity index is 1.74. The highest BCUT2D eigenvalue weighted by atomic mass is 19.1. The average Bonchev–Trinajstić information content (AvgIpc) is 3.37. The quantitative estimate of drug-likeness (QED) is 0.532. The molecule has 0 spiro atoms. The fourth-order valence-electron chi connectivity index (χ4n) is 3.20. The van der Waals surface area contributed by atoms with E-state index in [0.29, 0.717) is 17.1 Å². The number of amides is 1. The summed E-state index contributed by atoms with van der Waals surface area (Å²) in [4.78, 5) is 12.9. The molecule has 0 atom stereocenters. The van der Waals surface area contributed by atoms with Gasteiger partial charge in [0.05, 0.1) is 24.2 Å². The van der Waals surface area contributed by atoms with Crippen LogP contribution >= 0.6 is 0 Å². The molecule has 2 aromatic carbocycles. The van der Waals surface area contributed by atoms with E-state index in [-0.39, 0.29) is 18.3 Å². The molecule has 4 rings (SSSR count). The standard InChI is InChI=1S/C23H20FN3O2/c1-15-5-10-21(16(2)12-15)27-22(23(28)25-14-19-4-3-11-29-19)13-20(26-27)17-6-8-18(24)9-7-17/h3-13H,14H2,1-2H3,(H,25,28). The minimum atomic E-state index is -0.320. The predicted octanol–water partition coefficient (Wildman–Crippen LogP) is 4.82. The van der Waals surface area contributed by atoms with Crippen LogP contribution in [0.25, 0.3) is 16.9 Å². The summed E-state index contributed by atoms with van der Waals surface area (Å²) in [5, 5.41) is 7.51. The summed E-state index contributed by atoms with van der Waals surface area (Å²) in [7, 11) is 0. The first-order valence-electron chi connectivity index (χ1n) is 9.25. The van der Waals surface area contributed by atoms with E-state index in [1.54, 1.807) is 41.3 Å². The van der Waals surface area contributed by atoms with Gasteiger partial charge in [0.25, 0.3) is 5.91 Å². The molecule has 0 aliphatic heterocycles. The molecule has 6 heteroatoms. The van der Waals surface area contributed by atoms with Gasteiger partial charge in [-0.25, -0.2) is 9.07 Å². The molecular weight excluding hydrogens is 369 g/mol. The van der Waals surface area contributed by atoms with Crippen molar-refractivity contribution < 1.29 is 13.6 Å². The Morgan fingerprint density at radius 2 is 1.90 bits per heavy atom. The van der Waals surface area contributed by atoms with Gasteiger partial charge in [0.1, 0.15) is 17.3 Å². The van der Waals surface area contributed by atoms with Crippen LogP contribution in [0.1, 0.15) is 27.4 Å². The van der Waals surface area contributed by atoms with E-state index in [1.807, 2.05) is 32.0 Å².